The highest BCUT2D eigenvalue weighted by Gasteiger charge is 2.34. The Morgan fingerprint density at radius 2 is 1.60 bits per heavy atom. The Bertz CT molecular complexity index is 940. The Labute approximate surface area is 150 Å². The fourth-order valence-corrected chi connectivity index (χ4v) is 3.29. The van der Waals surface area contributed by atoms with E-state index in [2.05, 4.69) is 5.32 Å². The number of carbonyl (C=O) groups excluding carboxylic acids is 1. The second kappa shape index (κ2) is 6.15. The molecule has 0 spiro atoms. The lowest BCUT2D eigenvalue weighted by Crippen LogP contribution is -2.43. The van der Waals surface area contributed by atoms with Crippen LogP contribution in [0.5, 0.6) is 5.75 Å². The molecule has 0 aromatic heterocycles. The highest BCUT2D eigenvalue weighted by Crippen LogP contribution is 2.38. The molecular formula is C20H15ClN2O2. The summed E-state index contributed by atoms with van der Waals surface area (Å²) in [5.41, 5.74) is 2.85. The van der Waals surface area contributed by atoms with Gasteiger partial charge in [-0.15, -0.1) is 0 Å². The number of phenols is 1. The van der Waals surface area contributed by atoms with Crippen LogP contribution in [0.25, 0.3) is 0 Å². The van der Waals surface area contributed by atoms with Gasteiger partial charge >= 0.3 is 0 Å². The van der Waals surface area contributed by atoms with E-state index in [1.807, 2.05) is 36.4 Å². The number of phenolic OH excluding ortho intramolecular Hbond substituents is 1. The third-order valence-corrected chi connectivity index (χ3v) is 4.60. The quantitative estimate of drug-likeness (QED) is 0.697. The fourth-order valence-electron chi connectivity index (χ4n) is 3.05. The molecule has 0 saturated heterocycles. The number of nitrogens with one attached hydrogen (secondary N) is 1. The van der Waals surface area contributed by atoms with Crippen molar-refractivity contribution in [3.8, 4) is 5.75 Å². The van der Waals surface area contributed by atoms with Crippen LogP contribution < -0.4 is 10.2 Å². The maximum Gasteiger partial charge on any atom is 0.262 e. The summed E-state index contributed by atoms with van der Waals surface area (Å²) in [5.74, 6) is 0.0285. The van der Waals surface area contributed by atoms with E-state index in [-0.39, 0.29) is 11.7 Å². The van der Waals surface area contributed by atoms with Crippen molar-refractivity contribution in [2.24, 2.45) is 0 Å². The van der Waals surface area contributed by atoms with Crippen molar-refractivity contribution in [2.75, 3.05) is 10.2 Å². The van der Waals surface area contributed by atoms with Crippen LogP contribution in [-0.4, -0.2) is 11.0 Å². The highest BCUT2D eigenvalue weighted by atomic mass is 35.5. The second-order valence-corrected chi connectivity index (χ2v) is 6.21. The Morgan fingerprint density at radius 3 is 2.36 bits per heavy atom. The molecule has 0 saturated carbocycles. The van der Waals surface area contributed by atoms with Crippen molar-refractivity contribution in [1.29, 1.82) is 0 Å². The van der Waals surface area contributed by atoms with Crippen molar-refractivity contribution in [2.45, 2.75) is 6.17 Å². The number of hydrogen-bond donors (Lipinski definition) is 2. The Kier molecular flexibility index (Phi) is 3.82. The highest BCUT2D eigenvalue weighted by molar-refractivity contribution is 6.31. The molecule has 3 aromatic carbocycles. The molecule has 0 aliphatic carbocycles. The SMILES string of the molecule is O=C1c2ccccc2N[C@@H](c2ccccc2Cl)N1c1ccc(O)cc1. The predicted octanol–water partition coefficient (Wildman–Crippen LogP) is 4.82. The van der Waals surface area contributed by atoms with Crippen molar-refractivity contribution in [1.82, 2.24) is 0 Å². The number of fused-ring (bicyclic) bond motifs is 1. The first-order valence-electron chi connectivity index (χ1n) is 7.88. The van der Waals surface area contributed by atoms with Gasteiger partial charge in [0.1, 0.15) is 11.9 Å². The normalized spacial score (nSPS) is 16.3. The Hall–Kier alpha value is -2.98. The minimum absolute atomic E-state index is 0.120. The van der Waals surface area contributed by atoms with E-state index in [1.54, 1.807) is 41.3 Å². The first kappa shape index (κ1) is 15.5. The average molecular weight is 351 g/mol. The molecule has 25 heavy (non-hydrogen) atoms. The molecule has 4 rings (SSSR count). The molecule has 124 valence electrons. The van der Waals surface area contributed by atoms with Gasteiger partial charge in [0.2, 0.25) is 0 Å². The smallest absolute Gasteiger partial charge is 0.262 e. The Morgan fingerprint density at radius 1 is 0.920 bits per heavy atom. The summed E-state index contributed by atoms with van der Waals surface area (Å²) >= 11 is 6.39. The summed E-state index contributed by atoms with van der Waals surface area (Å²) in [6.45, 7) is 0. The van der Waals surface area contributed by atoms with Gasteiger partial charge < -0.3 is 10.4 Å². The number of para-hydroxylation sites is 1. The van der Waals surface area contributed by atoms with Crippen LogP contribution in [0.3, 0.4) is 0 Å². The van der Waals surface area contributed by atoms with Gasteiger partial charge in [-0.25, -0.2) is 0 Å². The maximum atomic E-state index is 13.2. The van der Waals surface area contributed by atoms with Crippen LogP contribution in [0, 0.1) is 0 Å². The molecule has 5 heteroatoms. The van der Waals surface area contributed by atoms with Gasteiger partial charge in [0.25, 0.3) is 5.91 Å². The monoisotopic (exact) mass is 350 g/mol. The zero-order valence-electron chi connectivity index (χ0n) is 13.2. The molecule has 1 aliphatic rings. The molecule has 0 bridgehead atoms. The van der Waals surface area contributed by atoms with E-state index < -0.39 is 6.17 Å². The number of benzene rings is 3. The summed E-state index contributed by atoms with van der Waals surface area (Å²) < 4.78 is 0. The van der Waals surface area contributed by atoms with E-state index in [9.17, 15) is 9.90 Å². The van der Waals surface area contributed by atoms with Gasteiger partial charge in [-0.3, -0.25) is 9.69 Å². The average Bonchev–Trinajstić information content (AvgIpc) is 2.63. The lowest BCUT2D eigenvalue weighted by Gasteiger charge is -2.38. The number of amides is 1. The number of halogens is 1. The number of aromatic hydroxyl groups is 1. The molecule has 0 fully saturated rings. The van der Waals surface area contributed by atoms with E-state index in [0.29, 0.717) is 16.3 Å². The molecule has 1 amide bonds. The molecule has 0 unspecified atom stereocenters. The van der Waals surface area contributed by atoms with Gasteiger partial charge in [-0.2, -0.15) is 0 Å². The van der Waals surface area contributed by atoms with E-state index in [4.69, 9.17) is 11.6 Å². The zero-order valence-corrected chi connectivity index (χ0v) is 13.9. The van der Waals surface area contributed by atoms with Crippen LogP contribution >= 0.6 is 11.6 Å². The third-order valence-electron chi connectivity index (χ3n) is 4.25. The van der Waals surface area contributed by atoms with Gasteiger partial charge in [-0.1, -0.05) is 41.9 Å². The largest absolute Gasteiger partial charge is 0.508 e. The van der Waals surface area contributed by atoms with E-state index in [0.717, 1.165) is 11.3 Å². The second-order valence-electron chi connectivity index (χ2n) is 5.81. The van der Waals surface area contributed by atoms with Crippen LogP contribution in [-0.2, 0) is 0 Å². The third kappa shape index (κ3) is 2.71. The molecule has 2 N–H and O–H groups in total. The first-order chi connectivity index (χ1) is 12.1. The number of hydrogen-bond acceptors (Lipinski definition) is 3. The van der Waals surface area contributed by atoms with Crippen LogP contribution in [0.2, 0.25) is 5.02 Å². The molecule has 0 radical (unpaired) electrons. The van der Waals surface area contributed by atoms with Gasteiger partial charge in [0.05, 0.1) is 5.56 Å². The molecule has 1 heterocycles. The standard InChI is InChI=1S/C20H15ClN2O2/c21-17-7-3-1-5-15(17)19-22-18-8-4-2-6-16(18)20(25)23(19)13-9-11-14(24)12-10-13/h1-12,19,22,24H/t19-/m1/s1. The fraction of sp³-hybridized carbons (Fsp3) is 0.0500. The summed E-state index contributed by atoms with van der Waals surface area (Å²) in [6, 6.07) is 21.4. The van der Waals surface area contributed by atoms with Gasteiger partial charge in [-0.05, 0) is 42.5 Å². The van der Waals surface area contributed by atoms with E-state index in [1.165, 1.54) is 0 Å². The number of rotatable bonds is 2. The topological polar surface area (TPSA) is 52.6 Å². The van der Waals surface area contributed by atoms with Gasteiger partial charge in [0, 0.05) is 22.0 Å². The van der Waals surface area contributed by atoms with Crippen molar-refractivity contribution < 1.29 is 9.90 Å². The number of anilines is 2. The number of nitrogens with zero attached hydrogens (tertiary/aromatic N) is 1. The molecule has 3 aromatic rings. The summed E-state index contributed by atoms with van der Waals surface area (Å²) in [4.78, 5) is 14.8. The van der Waals surface area contributed by atoms with Crippen molar-refractivity contribution in [3.63, 3.8) is 0 Å². The van der Waals surface area contributed by atoms with Crippen molar-refractivity contribution in [3.05, 3.63) is 88.9 Å². The summed E-state index contributed by atoms with van der Waals surface area (Å²) in [6.07, 6.45) is -0.444. The van der Waals surface area contributed by atoms with Gasteiger partial charge in [0.15, 0.2) is 0 Å². The first-order valence-corrected chi connectivity index (χ1v) is 8.25. The molecular weight excluding hydrogens is 336 g/mol. The summed E-state index contributed by atoms with van der Waals surface area (Å²) in [5, 5.41) is 13.6. The lowest BCUT2D eigenvalue weighted by molar-refractivity contribution is 0.0975. The summed E-state index contributed by atoms with van der Waals surface area (Å²) in [7, 11) is 0. The van der Waals surface area contributed by atoms with Crippen LogP contribution in [0.1, 0.15) is 22.1 Å². The van der Waals surface area contributed by atoms with Crippen LogP contribution in [0.15, 0.2) is 72.8 Å². The predicted molar refractivity (Wildman–Crippen MR) is 99.2 cm³/mol. The van der Waals surface area contributed by atoms with E-state index >= 15 is 0 Å². The zero-order chi connectivity index (χ0) is 17.4. The van der Waals surface area contributed by atoms with Crippen LogP contribution in [0.4, 0.5) is 11.4 Å². The minimum Gasteiger partial charge on any atom is -0.508 e. The Balaban J connectivity index is 1.89. The molecule has 1 aliphatic heterocycles. The number of carbonyl (C=O) groups is 1. The minimum atomic E-state index is -0.444. The molecule has 1 atom stereocenters. The van der Waals surface area contributed by atoms with Crippen molar-refractivity contribution >= 4 is 28.9 Å². The maximum absolute atomic E-state index is 13.2. The lowest BCUT2D eigenvalue weighted by atomic mass is 10.0. The molecule has 4 nitrogen and oxygen atoms in total.